The van der Waals surface area contributed by atoms with Crippen molar-refractivity contribution < 1.29 is 9.53 Å². The average molecular weight is 322 g/mol. The first-order valence-corrected chi connectivity index (χ1v) is 8.17. The van der Waals surface area contributed by atoms with E-state index in [1.54, 1.807) is 0 Å². The van der Waals surface area contributed by atoms with Crippen molar-refractivity contribution in [2.45, 2.75) is 57.9 Å². The second kappa shape index (κ2) is 6.74. The van der Waals surface area contributed by atoms with Gasteiger partial charge in [-0.1, -0.05) is 6.07 Å². The van der Waals surface area contributed by atoms with Gasteiger partial charge in [-0.05, 0) is 69.2 Å². The van der Waals surface area contributed by atoms with Crippen LogP contribution in [0.5, 0.6) is 0 Å². The normalized spacial score (nSPS) is 14.4. The zero-order valence-corrected chi connectivity index (χ0v) is 14.5. The van der Waals surface area contributed by atoms with Gasteiger partial charge in [0.1, 0.15) is 5.60 Å². The third-order valence-electron chi connectivity index (χ3n) is 3.74. The molecule has 0 saturated heterocycles. The summed E-state index contributed by atoms with van der Waals surface area (Å²) in [5.74, 6) is 1.40. The van der Waals surface area contributed by atoms with E-state index in [0.29, 0.717) is 12.4 Å². The number of hydrogen-bond acceptors (Lipinski definition) is 2. The number of aromatic nitrogens is 1. The number of hydrogen-bond donors (Lipinski definition) is 1. The molecule has 1 aliphatic rings. The van der Waals surface area contributed by atoms with Crippen molar-refractivity contribution in [1.82, 2.24) is 4.98 Å². The number of H-pyrrole nitrogens is 1. The molecule has 3 rings (SSSR count). The summed E-state index contributed by atoms with van der Waals surface area (Å²) >= 11 is 6.08. The summed E-state index contributed by atoms with van der Waals surface area (Å²) in [6, 6.07) is 4.46. The lowest BCUT2D eigenvalue weighted by Gasteiger charge is -2.14. The van der Waals surface area contributed by atoms with E-state index < -0.39 is 0 Å². The van der Waals surface area contributed by atoms with E-state index >= 15 is 0 Å². The van der Waals surface area contributed by atoms with Gasteiger partial charge in [-0.2, -0.15) is 0 Å². The molecule has 0 spiro atoms. The molecule has 22 heavy (non-hydrogen) atoms. The topological polar surface area (TPSA) is 42.1 Å². The van der Waals surface area contributed by atoms with Crippen LogP contribution >= 0.6 is 11.6 Å². The van der Waals surface area contributed by atoms with Crippen LogP contribution < -0.4 is 0 Å². The highest BCUT2D eigenvalue weighted by atomic mass is 35.5. The van der Waals surface area contributed by atoms with Crippen LogP contribution in [0.25, 0.3) is 10.9 Å². The van der Waals surface area contributed by atoms with Gasteiger partial charge in [-0.3, -0.25) is 4.79 Å². The van der Waals surface area contributed by atoms with Crippen molar-refractivity contribution in [3.63, 3.8) is 0 Å². The zero-order chi connectivity index (χ0) is 16.3. The number of ether oxygens (including phenoxy) is 1. The third-order valence-corrected chi connectivity index (χ3v) is 4.01. The molecule has 1 N–H and O–H groups in total. The van der Waals surface area contributed by atoms with Gasteiger partial charge >= 0.3 is 0 Å². The summed E-state index contributed by atoms with van der Waals surface area (Å²) < 4.78 is 4.55. The van der Waals surface area contributed by atoms with E-state index in [-0.39, 0.29) is 5.60 Å². The van der Waals surface area contributed by atoms with Gasteiger partial charge < -0.3 is 9.72 Å². The average Bonchev–Trinajstić information content (AvgIpc) is 3.15. The maximum absolute atomic E-state index is 9.60. The van der Waals surface area contributed by atoms with Gasteiger partial charge in [0.2, 0.25) is 0 Å². The third kappa shape index (κ3) is 4.04. The molecular formula is C18H24ClNO2. The first-order chi connectivity index (χ1) is 10.4. The van der Waals surface area contributed by atoms with Gasteiger partial charge in [0.05, 0.1) is 0 Å². The summed E-state index contributed by atoms with van der Waals surface area (Å²) in [6.45, 7) is 8.09. The number of aromatic amines is 1. The predicted molar refractivity (Wildman–Crippen MR) is 91.5 cm³/mol. The minimum atomic E-state index is -0.318. The standard InChI is InChI=1S/C13H14ClN.C5H10O2/c1-8-6-11(9-2-3-9)12(7-14)10-4-5-15-13(8)10;1-5(2,3)7-4-6/h4-6,9,15H,2-3,7H2,1H3;4H,1-3H3. The van der Waals surface area contributed by atoms with Crippen molar-refractivity contribution >= 4 is 29.0 Å². The van der Waals surface area contributed by atoms with Crippen molar-refractivity contribution in [1.29, 1.82) is 0 Å². The fourth-order valence-corrected chi connectivity index (χ4v) is 2.85. The number of fused-ring (bicyclic) bond motifs is 1. The molecule has 3 nitrogen and oxygen atoms in total. The first kappa shape index (κ1) is 16.9. The van der Waals surface area contributed by atoms with Crippen LogP contribution in [0.4, 0.5) is 0 Å². The minimum Gasteiger partial charge on any atom is -0.462 e. The van der Waals surface area contributed by atoms with E-state index in [2.05, 4.69) is 28.8 Å². The molecule has 0 amide bonds. The Bertz CT molecular complexity index is 651. The summed E-state index contributed by atoms with van der Waals surface area (Å²) in [6.07, 6.45) is 4.67. The van der Waals surface area contributed by atoms with E-state index in [1.807, 2.05) is 27.0 Å². The Morgan fingerprint density at radius 3 is 2.55 bits per heavy atom. The lowest BCUT2D eigenvalue weighted by atomic mass is 9.97. The zero-order valence-electron chi connectivity index (χ0n) is 13.7. The maximum Gasteiger partial charge on any atom is 0.293 e. The van der Waals surface area contributed by atoms with Crippen molar-refractivity contribution in [2.24, 2.45) is 0 Å². The molecule has 1 aromatic carbocycles. The van der Waals surface area contributed by atoms with Gasteiger partial charge in [0.25, 0.3) is 6.47 Å². The van der Waals surface area contributed by atoms with Crippen molar-refractivity contribution in [3.8, 4) is 0 Å². The molecule has 0 radical (unpaired) electrons. The summed E-state index contributed by atoms with van der Waals surface area (Å²) in [7, 11) is 0. The molecule has 4 heteroatoms. The Balaban J connectivity index is 0.000000217. The van der Waals surface area contributed by atoms with Gasteiger partial charge in [0, 0.05) is 23.0 Å². The van der Waals surface area contributed by atoms with Gasteiger partial charge in [-0.15, -0.1) is 11.6 Å². The Hall–Kier alpha value is -1.48. The number of halogens is 1. The Labute approximate surface area is 137 Å². The highest BCUT2D eigenvalue weighted by Gasteiger charge is 2.27. The Morgan fingerprint density at radius 1 is 1.41 bits per heavy atom. The highest BCUT2D eigenvalue weighted by Crippen LogP contribution is 2.44. The smallest absolute Gasteiger partial charge is 0.293 e. The molecule has 1 heterocycles. The highest BCUT2D eigenvalue weighted by molar-refractivity contribution is 6.18. The van der Waals surface area contributed by atoms with Crippen LogP contribution in [0.15, 0.2) is 18.3 Å². The summed E-state index contributed by atoms with van der Waals surface area (Å²) in [5.41, 5.74) is 5.08. The van der Waals surface area contributed by atoms with Crippen LogP contribution in [0.2, 0.25) is 0 Å². The van der Waals surface area contributed by atoms with Gasteiger partial charge in [-0.25, -0.2) is 0 Å². The van der Waals surface area contributed by atoms with Crippen LogP contribution in [-0.4, -0.2) is 17.1 Å². The van der Waals surface area contributed by atoms with Crippen LogP contribution in [0.3, 0.4) is 0 Å². The molecule has 1 fully saturated rings. The number of rotatable bonds is 3. The van der Waals surface area contributed by atoms with Gasteiger partial charge in [0.15, 0.2) is 0 Å². The predicted octanol–water partition coefficient (Wildman–Crippen LogP) is 5.05. The van der Waals surface area contributed by atoms with Crippen LogP contribution in [0, 0.1) is 6.92 Å². The summed E-state index contributed by atoms with van der Waals surface area (Å²) in [5, 5.41) is 1.31. The molecule has 0 atom stereocenters. The lowest BCUT2D eigenvalue weighted by Crippen LogP contribution is -2.17. The quantitative estimate of drug-likeness (QED) is 0.635. The summed E-state index contributed by atoms with van der Waals surface area (Å²) in [4.78, 5) is 12.9. The molecule has 120 valence electrons. The number of carbonyl (C=O) groups is 1. The first-order valence-electron chi connectivity index (χ1n) is 7.64. The fourth-order valence-electron chi connectivity index (χ4n) is 2.55. The number of carbonyl (C=O) groups excluding carboxylic acids is 1. The van der Waals surface area contributed by atoms with E-state index in [9.17, 15) is 4.79 Å². The van der Waals surface area contributed by atoms with Crippen molar-refractivity contribution in [2.75, 3.05) is 0 Å². The van der Waals surface area contributed by atoms with E-state index in [0.717, 1.165) is 5.92 Å². The molecule has 1 aliphatic carbocycles. The fraction of sp³-hybridized carbons (Fsp3) is 0.500. The number of alkyl halides is 1. The maximum atomic E-state index is 9.60. The molecule has 0 unspecified atom stereocenters. The van der Waals surface area contributed by atoms with E-state index in [4.69, 9.17) is 11.6 Å². The van der Waals surface area contributed by atoms with Crippen molar-refractivity contribution in [3.05, 3.63) is 35.0 Å². The Morgan fingerprint density at radius 2 is 2.09 bits per heavy atom. The SMILES string of the molecule is CC(C)(C)OC=O.Cc1cc(C2CC2)c(CCl)c2cc[nH]c12. The molecular weight excluding hydrogens is 298 g/mol. The number of nitrogens with one attached hydrogen (secondary N) is 1. The lowest BCUT2D eigenvalue weighted by molar-refractivity contribution is -0.138. The number of benzene rings is 1. The monoisotopic (exact) mass is 321 g/mol. The van der Waals surface area contributed by atoms with E-state index in [1.165, 1.54) is 40.4 Å². The second-order valence-electron chi connectivity index (χ2n) is 6.76. The van der Waals surface area contributed by atoms with Crippen LogP contribution in [0.1, 0.15) is 56.2 Å². The molecule has 2 aromatic rings. The largest absolute Gasteiger partial charge is 0.462 e. The minimum absolute atomic E-state index is 0.318. The number of aryl methyl sites for hydroxylation is 1. The molecule has 0 bridgehead atoms. The molecule has 0 aliphatic heterocycles. The van der Waals surface area contributed by atoms with Crippen LogP contribution in [-0.2, 0) is 15.4 Å². The molecule has 1 aromatic heterocycles. The Kier molecular flexibility index (Phi) is 5.17. The molecule has 1 saturated carbocycles. The second-order valence-corrected chi connectivity index (χ2v) is 7.03.